The van der Waals surface area contributed by atoms with Crippen LogP contribution in [0, 0.1) is 0 Å². The van der Waals surface area contributed by atoms with E-state index in [4.69, 9.17) is 0 Å². The third kappa shape index (κ3) is 2.78. The van der Waals surface area contributed by atoms with Crippen molar-refractivity contribution in [3.05, 3.63) is 75.5 Å². The van der Waals surface area contributed by atoms with Crippen LogP contribution in [-0.2, 0) is 6.54 Å². The number of hydrogen-bond acceptors (Lipinski definition) is 4. The predicted molar refractivity (Wildman–Crippen MR) is 86.6 cm³/mol. The SMILES string of the molecule is O=c1ccn(Cc2cncnc2)c(O)c1-c1ccccc1Br. The Bertz CT molecular complexity index is 863. The summed E-state index contributed by atoms with van der Waals surface area (Å²) in [6.07, 6.45) is 6.34. The van der Waals surface area contributed by atoms with Crippen molar-refractivity contribution in [1.82, 2.24) is 14.5 Å². The standard InChI is InChI=1S/C16H12BrN3O2/c17-13-4-2-1-3-12(13)15-14(21)5-6-20(16(15)22)9-11-7-18-10-19-8-11/h1-8,10,22H,9H2. The predicted octanol–water partition coefficient (Wildman–Crippen LogP) is 2.82. The lowest BCUT2D eigenvalue weighted by Gasteiger charge is -2.13. The Kier molecular flexibility index (Phi) is 4.02. The van der Waals surface area contributed by atoms with Gasteiger partial charge in [0.25, 0.3) is 0 Å². The number of hydrogen-bond donors (Lipinski definition) is 1. The molecule has 0 spiro atoms. The number of rotatable bonds is 3. The monoisotopic (exact) mass is 357 g/mol. The molecule has 0 saturated carbocycles. The molecule has 0 amide bonds. The zero-order valence-corrected chi connectivity index (χ0v) is 13.1. The molecule has 0 aliphatic heterocycles. The van der Waals surface area contributed by atoms with Crippen molar-refractivity contribution < 1.29 is 5.11 Å². The highest BCUT2D eigenvalue weighted by molar-refractivity contribution is 9.10. The van der Waals surface area contributed by atoms with Crippen LogP contribution in [0.25, 0.3) is 11.1 Å². The van der Waals surface area contributed by atoms with E-state index in [1.807, 2.05) is 18.2 Å². The van der Waals surface area contributed by atoms with Crippen molar-refractivity contribution in [2.75, 3.05) is 0 Å². The Morgan fingerprint density at radius 2 is 1.86 bits per heavy atom. The minimum atomic E-state index is -0.232. The van der Waals surface area contributed by atoms with Crippen molar-refractivity contribution in [2.24, 2.45) is 0 Å². The number of nitrogens with zero attached hydrogens (tertiary/aromatic N) is 3. The van der Waals surface area contributed by atoms with Crippen molar-refractivity contribution in [1.29, 1.82) is 0 Å². The average Bonchev–Trinajstić information content (AvgIpc) is 2.53. The number of aromatic nitrogens is 3. The summed E-state index contributed by atoms with van der Waals surface area (Å²) in [6, 6.07) is 8.74. The molecule has 2 aromatic heterocycles. The van der Waals surface area contributed by atoms with Crippen LogP contribution in [0.15, 0.2) is 64.5 Å². The molecule has 1 N–H and O–H groups in total. The van der Waals surface area contributed by atoms with Crippen LogP contribution in [0.4, 0.5) is 0 Å². The lowest BCUT2D eigenvalue weighted by Crippen LogP contribution is -2.11. The van der Waals surface area contributed by atoms with Crippen LogP contribution in [0.1, 0.15) is 5.56 Å². The van der Waals surface area contributed by atoms with Crippen molar-refractivity contribution in [3.8, 4) is 17.0 Å². The van der Waals surface area contributed by atoms with Gasteiger partial charge >= 0.3 is 0 Å². The summed E-state index contributed by atoms with van der Waals surface area (Å²) in [6.45, 7) is 0.379. The maximum absolute atomic E-state index is 12.2. The third-order valence-corrected chi connectivity index (χ3v) is 3.95. The van der Waals surface area contributed by atoms with Gasteiger partial charge in [-0.3, -0.25) is 4.79 Å². The summed E-state index contributed by atoms with van der Waals surface area (Å²) < 4.78 is 2.35. The van der Waals surface area contributed by atoms with Gasteiger partial charge in [-0.2, -0.15) is 0 Å². The zero-order chi connectivity index (χ0) is 15.5. The molecule has 0 aliphatic carbocycles. The van der Waals surface area contributed by atoms with Gasteiger partial charge < -0.3 is 9.67 Å². The van der Waals surface area contributed by atoms with E-state index in [1.165, 1.54) is 12.4 Å². The topological polar surface area (TPSA) is 68.0 Å². The van der Waals surface area contributed by atoms with Gasteiger partial charge in [0.05, 0.1) is 12.1 Å². The first-order valence-electron chi connectivity index (χ1n) is 6.58. The second-order valence-corrected chi connectivity index (χ2v) is 5.59. The molecule has 6 heteroatoms. The molecule has 0 bridgehead atoms. The fourth-order valence-electron chi connectivity index (χ4n) is 2.22. The lowest BCUT2D eigenvalue weighted by atomic mass is 10.1. The molecule has 0 aliphatic rings. The molecule has 5 nitrogen and oxygen atoms in total. The van der Waals surface area contributed by atoms with Gasteiger partial charge in [0, 0.05) is 40.3 Å². The molecular weight excluding hydrogens is 346 g/mol. The molecule has 0 saturated heterocycles. The van der Waals surface area contributed by atoms with Crippen molar-refractivity contribution in [2.45, 2.75) is 6.54 Å². The molecule has 3 rings (SSSR count). The summed E-state index contributed by atoms with van der Waals surface area (Å²) in [5, 5.41) is 10.5. The minimum absolute atomic E-state index is 0.0803. The molecule has 110 valence electrons. The van der Waals surface area contributed by atoms with Crippen LogP contribution in [0.5, 0.6) is 5.88 Å². The second-order valence-electron chi connectivity index (χ2n) is 4.73. The van der Waals surface area contributed by atoms with E-state index in [-0.39, 0.29) is 16.9 Å². The highest BCUT2D eigenvalue weighted by Crippen LogP contribution is 2.31. The first-order chi connectivity index (χ1) is 10.7. The smallest absolute Gasteiger partial charge is 0.203 e. The number of halogens is 1. The summed E-state index contributed by atoms with van der Waals surface area (Å²) in [7, 11) is 0. The van der Waals surface area contributed by atoms with Gasteiger partial charge in [-0.1, -0.05) is 34.1 Å². The van der Waals surface area contributed by atoms with E-state index in [9.17, 15) is 9.90 Å². The van der Waals surface area contributed by atoms with Crippen LogP contribution in [-0.4, -0.2) is 19.6 Å². The molecule has 0 radical (unpaired) electrons. The zero-order valence-electron chi connectivity index (χ0n) is 11.5. The van der Waals surface area contributed by atoms with Crippen molar-refractivity contribution in [3.63, 3.8) is 0 Å². The minimum Gasteiger partial charge on any atom is -0.494 e. The lowest BCUT2D eigenvalue weighted by molar-refractivity contribution is 0.420. The summed E-state index contributed by atoms with van der Waals surface area (Å²) >= 11 is 3.41. The number of benzene rings is 1. The van der Waals surface area contributed by atoms with E-state index >= 15 is 0 Å². The largest absolute Gasteiger partial charge is 0.494 e. The Morgan fingerprint density at radius 3 is 2.59 bits per heavy atom. The van der Waals surface area contributed by atoms with Crippen LogP contribution in [0.3, 0.4) is 0 Å². The average molecular weight is 358 g/mol. The number of aromatic hydroxyl groups is 1. The second kappa shape index (κ2) is 6.11. The van der Waals surface area contributed by atoms with E-state index < -0.39 is 0 Å². The van der Waals surface area contributed by atoms with Gasteiger partial charge in [0.1, 0.15) is 6.33 Å². The van der Waals surface area contributed by atoms with Gasteiger partial charge in [0.2, 0.25) is 5.88 Å². The summed E-state index contributed by atoms with van der Waals surface area (Å²) in [4.78, 5) is 20.1. The van der Waals surface area contributed by atoms with E-state index in [1.54, 1.807) is 29.2 Å². The maximum Gasteiger partial charge on any atom is 0.203 e. The first kappa shape index (κ1) is 14.5. The Labute approximate surface area is 135 Å². The van der Waals surface area contributed by atoms with E-state index in [2.05, 4.69) is 25.9 Å². The first-order valence-corrected chi connectivity index (χ1v) is 7.37. The molecule has 0 atom stereocenters. The molecule has 1 aromatic carbocycles. The summed E-state index contributed by atoms with van der Waals surface area (Å²) in [5.41, 5.74) is 1.53. The molecular formula is C16H12BrN3O2. The van der Waals surface area contributed by atoms with Crippen LogP contribution in [0.2, 0.25) is 0 Å². The fourth-order valence-corrected chi connectivity index (χ4v) is 2.70. The van der Waals surface area contributed by atoms with Crippen LogP contribution < -0.4 is 5.43 Å². The van der Waals surface area contributed by atoms with E-state index in [0.717, 1.165) is 10.0 Å². The molecule has 0 fully saturated rings. The highest BCUT2D eigenvalue weighted by atomic mass is 79.9. The van der Waals surface area contributed by atoms with Gasteiger partial charge in [-0.25, -0.2) is 9.97 Å². The Morgan fingerprint density at radius 1 is 1.14 bits per heavy atom. The third-order valence-electron chi connectivity index (χ3n) is 3.26. The molecule has 22 heavy (non-hydrogen) atoms. The van der Waals surface area contributed by atoms with Gasteiger partial charge in [-0.15, -0.1) is 0 Å². The normalized spacial score (nSPS) is 10.6. The maximum atomic E-state index is 12.2. The molecule has 2 heterocycles. The van der Waals surface area contributed by atoms with Gasteiger partial charge in [0.15, 0.2) is 5.43 Å². The fraction of sp³-hybridized carbons (Fsp3) is 0.0625. The highest BCUT2D eigenvalue weighted by Gasteiger charge is 2.15. The van der Waals surface area contributed by atoms with Crippen molar-refractivity contribution >= 4 is 15.9 Å². The Balaban J connectivity index is 2.11. The summed E-state index contributed by atoms with van der Waals surface area (Å²) in [5.74, 6) is -0.0803. The molecule has 0 unspecified atom stereocenters. The quantitative estimate of drug-likeness (QED) is 0.782. The van der Waals surface area contributed by atoms with Crippen LogP contribution >= 0.6 is 15.9 Å². The van der Waals surface area contributed by atoms with Gasteiger partial charge in [-0.05, 0) is 6.07 Å². The Hall–Kier alpha value is -2.47. The molecule has 3 aromatic rings. The van der Waals surface area contributed by atoms with E-state index in [0.29, 0.717) is 12.1 Å². The number of pyridine rings is 1.